The van der Waals surface area contributed by atoms with Gasteiger partial charge in [0.2, 0.25) is 0 Å². The second-order valence-electron chi connectivity index (χ2n) is 13.8. The maximum atomic E-state index is 11.8. The zero-order valence-corrected chi connectivity index (χ0v) is 22.6. The Bertz CT molecular complexity index is 726. The van der Waals surface area contributed by atoms with Gasteiger partial charge in [-0.2, -0.15) is 0 Å². The molecule has 0 saturated heterocycles. The Balaban J connectivity index is 1.47. The van der Waals surface area contributed by atoms with E-state index in [1.165, 1.54) is 64.2 Å². The Morgan fingerprint density at radius 1 is 0.970 bits per heavy atom. The number of hydrogen-bond acceptors (Lipinski definition) is 2. The van der Waals surface area contributed by atoms with Gasteiger partial charge in [-0.05, 0) is 116 Å². The summed E-state index contributed by atoms with van der Waals surface area (Å²) in [6.45, 7) is 18.3. The monoisotopic (exact) mass is 456 g/mol. The van der Waals surface area contributed by atoms with Crippen molar-refractivity contribution in [2.75, 3.05) is 0 Å². The molecule has 0 radical (unpaired) electrons. The maximum Gasteiger partial charge on any atom is 0.303 e. The summed E-state index contributed by atoms with van der Waals surface area (Å²) < 4.78 is 5.87. The summed E-state index contributed by atoms with van der Waals surface area (Å²) in [5.41, 5.74) is 0.562. The highest BCUT2D eigenvalue weighted by Gasteiger charge is 2.61. The summed E-state index contributed by atoms with van der Waals surface area (Å²) in [6, 6.07) is 0. The summed E-state index contributed by atoms with van der Waals surface area (Å²) in [6.07, 6.45) is 17.8. The van der Waals surface area contributed by atoms with Crippen LogP contribution in [0.4, 0.5) is 0 Å². The largest absolute Gasteiger partial charge is 0.455 e. The number of esters is 1. The van der Waals surface area contributed by atoms with Gasteiger partial charge in [0.1, 0.15) is 5.60 Å². The average molecular weight is 457 g/mol. The fraction of sp³-hybridized carbons (Fsp3) is 0.903. The molecule has 0 spiro atoms. The van der Waals surface area contributed by atoms with Crippen LogP contribution in [0.15, 0.2) is 12.7 Å². The number of carbonyl (C=O) groups is 1. The van der Waals surface area contributed by atoms with Crippen molar-refractivity contribution < 1.29 is 9.53 Å². The van der Waals surface area contributed by atoms with Gasteiger partial charge < -0.3 is 4.74 Å². The van der Waals surface area contributed by atoms with Crippen LogP contribution in [0.25, 0.3) is 0 Å². The Kier molecular flexibility index (Phi) is 7.17. The lowest BCUT2D eigenvalue weighted by atomic mass is 9.43. The zero-order chi connectivity index (χ0) is 24.0. The smallest absolute Gasteiger partial charge is 0.303 e. The van der Waals surface area contributed by atoms with Gasteiger partial charge in [-0.3, -0.25) is 4.79 Å². The van der Waals surface area contributed by atoms with Crippen LogP contribution in [0.1, 0.15) is 119 Å². The van der Waals surface area contributed by atoms with E-state index in [2.05, 4.69) is 41.2 Å². The third kappa shape index (κ3) is 4.47. The Morgan fingerprint density at radius 3 is 2.36 bits per heavy atom. The zero-order valence-electron chi connectivity index (χ0n) is 22.6. The Hall–Kier alpha value is -0.790. The number of rotatable bonds is 7. The lowest BCUT2D eigenvalue weighted by Crippen LogP contribution is -2.56. The molecule has 4 saturated carbocycles. The molecule has 0 aromatic carbocycles. The third-order valence-corrected chi connectivity index (χ3v) is 11.7. The molecule has 0 aromatic heterocycles. The first kappa shape index (κ1) is 25.3. The van der Waals surface area contributed by atoms with Crippen molar-refractivity contribution in [3.05, 3.63) is 12.7 Å². The molecule has 4 aliphatic rings. The Labute approximate surface area is 204 Å². The van der Waals surface area contributed by atoms with Gasteiger partial charge in [0.05, 0.1) is 0 Å². The minimum atomic E-state index is -0.421. The molecule has 1 unspecified atom stereocenters. The molecular formula is C31H52O2. The van der Waals surface area contributed by atoms with Gasteiger partial charge in [0, 0.05) is 6.92 Å². The van der Waals surface area contributed by atoms with Crippen LogP contribution >= 0.6 is 0 Å². The molecule has 4 aliphatic carbocycles. The fourth-order valence-corrected chi connectivity index (χ4v) is 9.89. The van der Waals surface area contributed by atoms with Crippen LogP contribution < -0.4 is 0 Å². The second kappa shape index (κ2) is 9.34. The van der Waals surface area contributed by atoms with Crippen LogP contribution in [-0.2, 0) is 9.53 Å². The molecular weight excluding hydrogens is 404 g/mol. The van der Waals surface area contributed by atoms with Crippen molar-refractivity contribution in [1.29, 1.82) is 0 Å². The maximum absolute atomic E-state index is 11.8. The Morgan fingerprint density at radius 2 is 1.70 bits per heavy atom. The summed E-state index contributed by atoms with van der Waals surface area (Å²) in [7, 11) is 0. The minimum absolute atomic E-state index is 0.153. The minimum Gasteiger partial charge on any atom is -0.455 e. The van der Waals surface area contributed by atoms with E-state index in [0.29, 0.717) is 16.7 Å². The van der Waals surface area contributed by atoms with E-state index in [1.807, 2.05) is 6.08 Å². The van der Waals surface area contributed by atoms with E-state index in [9.17, 15) is 4.79 Å². The van der Waals surface area contributed by atoms with Gasteiger partial charge in [0.15, 0.2) is 0 Å². The predicted octanol–water partition coefficient (Wildman–Crippen LogP) is 8.60. The van der Waals surface area contributed by atoms with Crippen molar-refractivity contribution in [3.8, 4) is 0 Å². The summed E-state index contributed by atoms with van der Waals surface area (Å²) in [5, 5.41) is 0. The quantitative estimate of drug-likeness (QED) is 0.283. The second-order valence-corrected chi connectivity index (χ2v) is 13.8. The predicted molar refractivity (Wildman–Crippen MR) is 138 cm³/mol. The van der Waals surface area contributed by atoms with Crippen LogP contribution in [0.2, 0.25) is 0 Å². The molecule has 33 heavy (non-hydrogen) atoms. The van der Waals surface area contributed by atoms with Crippen molar-refractivity contribution in [2.45, 2.75) is 124 Å². The average Bonchev–Trinajstić information content (AvgIpc) is 3.10. The molecule has 2 nitrogen and oxygen atoms in total. The molecule has 9 atom stereocenters. The fourth-order valence-electron chi connectivity index (χ4n) is 9.89. The molecule has 0 aliphatic heterocycles. The highest BCUT2D eigenvalue weighted by Crippen LogP contribution is 2.69. The molecule has 4 fully saturated rings. The molecule has 4 rings (SSSR count). The number of ether oxygens (including phenoxy) is 1. The van der Waals surface area contributed by atoms with Crippen LogP contribution in [0, 0.1) is 52.3 Å². The number of hydrogen-bond donors (Lipinski definition) is 0. The van der Waals surface area contributed by atoms with Gasteiger partial charge in [0.25, 0.3) is 0 Å². The van der Waals surface area contributed by atoms with E-state index in [-0.39, 0.29) is 5.97 Å². The van der Waals surface area contributed by atoms with Crippen molar-refractivity contribution >= 4 is 5.97 Å². The highest BCUT2D eigenvalue weighted by molar-refractivity contribution is 5.66. The SMILES string of the molecule is C=CC1(OC(C)=O)CC[C@@]2(C)[C@@H](CC[C@@H]3[C@@H]2CC[C@]2(C)[C@@H]([C@H](C)CCCC(C)C)CC[C@@H]32)C1. The van der Waals surface area contributed by atoms with E-state index in [0.717, 1.165) is 48.3 Å². The topological polar surface area (TPSA) is 26.3 Å². The third-order valence-electron chi connectivity index (χ3n) is 11.7. The highest BCUT2D eigenvalue weighted by atomic mass is 16.6. The normalized spacial score (nSPS) is 45.6. The molecule has 0 bridgehead atoms. The lowest BCUT2D eigenvalue weighted by molar-refractivity contribution is -0.173. The molecule has 0 aromatic rings. The lowest BCUT2D eigenvalue weighted by Gasteiger charge is -2.62. The van der Waals surface area contributed by atoms with E-state index < -0.39 is 5.60 Å². The van der Waals surface area contributed by atoms with Gasteiger partial charge >= 0.3 is 5.97 Å². The van der Waals surface area contributed by atoms with Crippen LogP contribution in [0.5, 0.6) is 0 Å². The first-order valence-electron chi connectivity index (χ1n) is 14.4. The molecule has 0 amide bonds. The molecule has 2 heteroatoms. The van der Waals surface area contributed by atoms with E-state index in [1.54, 1.807) is 6.92 Å². The van der Waals surface area contributed by atoms with Crippen molar-refractivity contribution in [3.63, 3.8) is 0 Å². The standard InChI is InChI=1S/C31H52O2/c1-8-31(33-23(5)32)19-18-29(6)24(20-31)12-13-25-27-15-14-26(22(4)11-9-10-21(2)3)30(27,7)17-16-28(25)29/h8,21-22,24-28H,1,9-20H2,2-7H3/t22-,24+,25+,26-,27+,28+,29+,30-,31?/m1/s1. The summed E-state index contributed by atoms with van der Waals surface area (Å²) >= 11 is 0. The summed E-state index contributed by atoms with van der Waals surface area (Å²) in [5.74, 6) is 5.89. The first-order chi connectivity index (χ1) is 15.5. The van der Waals surface area contributed by atoms with Gasteiger partial charge in [-0.1, -0.05) is 60.5 Å². The summed E-state index contributed by atoms with van der Waals surface area (Å²) in [4.78, 5) is 11.8. The number of carbonyl (C=O) groups excluding carboxylic acids is 1. The van der Waals surface area contributed by atoms with Crippen LogP contribution in [0.3, 0.4) is 0 Å². The number of fused-ring (bicyclic) bond motifs is 5. The van der Waals surface area contributed by atoms with Crippen molar-refractivity contribution in [2.24, 2.45) is 52.3 Å². The van der Waals surface area contributed by atoms with Crippen LogP contribution in [-0.4, -0.2) is 11.6 Å². The van der Waals surface area contributed by atoms with Gasteiger partial charge in [-0.15, -0.1) is 0 Å². The van der Waals surface area contributed by atoms with E-state index in [4.69, 9.17) is 4.74 Å². The molecule has 0 heterocycles. The van der Waals surface area contributed by atoms with E-state index >= 15 is 0 Å². The van der Waals surface area contributed by atoms with Gasteiger partial charge in [-0.25, -0.2) is 0 Å². The van der Waals surface area contributed by atoms with Crippen molar-refractivity contribution in [1.82, 2.24) is 0 Å². The first-order valence-corrected chi connectivity index (χ1v) is 14.4. The molecule has 188 valence electrons. The molecule has 0 N–H and O–H groups in total.